The maximum absolute atomic E-state index is 9.73. The van der Waals surface area contributed by atoms with E-state index < -0.39 is 0 Å². The number of hydrogen-bond acceptors (Lipinski definition) is 2. The summed E-state index contributed by atoms with van der Waals surface area (Å²) in [6.45, 7) is 5.69. The Morgan fingerprint density at radius 3 is 2.00 bits per heavy atom. The van der Waals surface area contributed by atoms with Crippen LogP contribution in [0, 0.1) is 20.8 Å². The van der Waals surface area contributed by atoms with Gasteiger partial charge in [-0.05, 0) is 66.8 Å². The molecule has 17 heavy (non-hydrogen) atoms. The number of rotatable bonds is 1. The van der Waals surface area contributed by atoms with Gasteiger partial charge in [-0.1, -0.05) is 12.1 Å². The minimum Gasteiger partial charge on any atom is -0.508 e. The molecule has 0 aromatic heterocycles. The molecule has 2 rings (SSSR count). The van der Waals surface area contributed by atoms with Crippen molar-refractivity contribution in [2.45, 2.75) is 20.8 Å². The highest BCUT2D eigenvalue weighted by Gasteiger charge is 2.07. The Morgan fingerprint density at radius 2 is 1.35 bits per heavy atom. The Kier molecular flexibility index (Phi) is 2.80. The molecule has 0 radical (unpaired) electrons. The summed E-state index contributed by atoms with van der Waals surface area (Å²) in [5.41, 5.74) is 4.70. The highest BCUT2D eigenvalue weighted by Crippen LogP contribution is 2.32. The molecule has 0 aliphatic rings. The van der Waals surface area contributed by atoms with E-state index in [1.807, 2.05) is 39.0 Å². The molecular formula is C15H16O2. The van der Waals surface area contributed by atoms with Gasteiger partial charge in [-0.3, -0.25) is 0 Å². The maximum Gasteiger partial charge on any atom is 0.119 e. The zero-order chi connectivity index (χ0) is 12.6. The molecule has 0 fully saturated rings. The fourth-order valence-corrected chi connectivity index (χ4v) is 1.89. The van der Waals surface area contributed by atoms with Crippen LogP contribution in [-0.4, -0.2) is 10.2 Å². The van der Waals surface area contributed by atoms with Crippen molar-refractivity contribution in [1.82, 2.24) is 0 Å². The Bertz CT molecular complexity index is 571. The van der Waals surface area contributed by atoms with E-state index in [2.05, 4.69) is 0 Å². The summed E-state index contributed by atoms with van der Waals surface area (Å²) in [6, 6.07) is 9.32. The molecule has 2 aromatic rings. The second kappa shape index (κ2) is 4.13. The Morgan fingerprint density at radius 1 is 0.706 bits per heavy atom. The van der Waals surface area contributed by atoms with Gasteiger partial charge in [-0.15, -0.1) is 0 Å². The van der Waals surface area contributed by atoms with E-state index in [-0.39, 0.29) is 0 Å². The van der Waals surface area contributed by atoms with Crippen molar-refractivity contribution in [1.29, 1.82) is 0 Å². The van der Waals surface area contributed by atoms with Crippen molar-refractivity contribution in [2.24, 2.45) is 0 Å². The molecule has 2 heteroatoms. The first-order valence-electron chi connectivity index (χ1n) is 5.59. The molecule has 0 unspecified atom stereocenters. The van der Waals surface area contributed by atoms with Gasteiger partial charge in [0.1, 0.15) is 11.5 Å². The fourth-order valence-electron chi connectivity index (χ4n) is 1.89. The summed E-state index contributed by atoms with van der Waals surface area (Å²) in [7, 11) is 0. The maximum atomic E-state index is 9.73. The third-order valence-corrected chi connectivity index (χ3v) is 3.06. The summed E-state index contributed by atoms with van der Waals surface area (Å²) in [4.78, 5) is 0. The van der Waals surface area contributed by atoms with Gasteiger partial charge in [0.05, 0.1) is 0 Å². The summed E-state index contributed by atoms with van der Waals surface area (Å²) >= 11 is 0. The molecule has 0 heterocycles. The van der Waals surface area contributed by atoms with Crippen molar-refractivity contribution in [3.05, 3.63) is 47.0 Å². The number of benzene rings is 2. The molecule has 0 aliphatic heterocycles. The number of aryl methyl sites for hydroxylation is 3. The molecule has 0 aliphatic carbocycles. The van der Waals surface area contributed by atoms with Gasteiger partial charge in [0, 0.05) is 0 Å². The standard InChI is InChI=1S/C15H16O2/c1-9-4-5-12(8-15(9)17)13-6-11(3)14(16)7-10(13)2/h4-8,16-17H,1-3H3. The lowest BCUT2D eigenvalue weighted by Gasteiger charge is -2.10. The predicted molar refractivity (Wildman–Crippen MR) is 69.4 cm³/mol. The molecular weight excluding hydrogens is 212 g/mol. The van der Waals surface area contributed by atoms with Gasteiger partial charge in [-0.25, -0.2) is 0 Å². The molecule has 0 atom stereocenters. The largest absolute Gasteiger partial charge is 0.508 e. The van der Waals surface area contributed by atoms with E-state index >= 15 is 0 Å². The highest BCUT2D eigenvalue weighted by molar-refractivity contribution is 5.71. The van der Waals surface area contributed by atoms with Crippen LogP contribution < -0.4 is 0 Å². The first kappa shape index (κ1) is 11.5. The molecule has 88 valence electrons. The van der Waals surface area contributed by atoms with Crippen LogP contribution in [0.1, 0.15) is 16.7 Å². The van der Waals surface area contributed by atoms with Crippen LogP contribution in [0.15, 0.2) is 30.3 Å². The number of phenolic OH excluding ortho intramolecular Hbond substituents is 2. The Hall–Kier alpha value is -1.96. The average molecular weight is 228 g/mol. The van der Waals surface area contributed by atoms with E-state index in [1.165, 1.54) is 0 Å². The van der Waals surface area contributed by atoms with Crippen LogP contribution in [0.4, 0.5) is 0 Å². The fraction of sp³-hybridized carbons (Fsp3) is 0.200. The van der Waals surface area contributed by atoms with Crippen LogP contribution in [-0.2, 0) is 0 Å². The zero-order valence-corrected chi connectivity index (χ0v) is 10.3. The summed E-state index contributed by atoms with van der Waals surface area (Å²) < 4.78 is 0. The number of aromatic hydroxyl groups is 2. The van der Waals surface area contributed by atoms with Crippen molar-refractivity contribution >= 4 is 0 Å². The van der Waals surface area contributed by atoms with Gasteiger partial charge < -0.3 is 10.2 Å². The van der Waals surface area contributed by atoms with Crippen LogP contribution >= 0.6 is 0 Å². The minimum atomic E-state index is 0.299. The van der Waals surface area contributed by atoms with Crippen molar-refractivity contribution in [3.63, 3.8) is 0 Å². The summed E-state index contributed by atoms with van der Waals surface area (Å²) in [5, 5.41) is 19.3. The van der Waals surface area contributed by atoms with Crippen molar-refractivity contribution in [2.75, 3.05) is 0 Å². The van der Waals surface area contributed by atoms with Gasteiger partial charge in [-0.2, -0.15) is 0 Å². The SMILES string of the molecule is Cc1ccc(-c2cc(C)c(O)cc2C)cc1O. The third-order valence-electron chi connectivity index (χ3n) is 3.06. The molecule has 2 N–H and O–H groups in total. The monoisotopic (exact) mass is 228 g/mol. The van der Waals surface area contributed by atoms with E-state index in [4.69, 9.17) is 0 Å². The van der Waals surface area contributed by atoms with Crippen LogP contribution in [0.3, 0.4) is 0 Å². The summed E-state index contributed by atoms with van der Waals surface area (Å²) in [5.74, 6) is 0.607. The van der Waals surface area contributed by atoms with Crippen LogP contribution in [0.25, 0.3) is 11.1 Å². The van der Waals surface area contributed by atoms with E-state index in [9.17, 15) is 10.2 Å². The van der Waals surface area contributed by atoms with E-state index in [0.717, 1.165) is 27.8 Å². The molecule has 2 aromatic carbocycles. The van der Waals surface area contributed by atoms with Gasteiger partial charge in [0.15, 0.2) is 0 Å². The topological polar surface area (TPSA) is 40.5 Å². The van der Waals surface area contributed by atoms with Crippen LogP contribution in [0.2, 0.25) is 0 Å². The Labute approximate surface area is 101 Å². The minimum absolute atomic E-state index is 0.299. The molecule has 2 nitrogen and oxygen atoms in total. The molecule has 0 amide bonds. The molecule has 0 saturated carbocycles. The normalized spacial score (nSPS) is 10.5. The lowest BCUT2D eigenvalue weighted by Crippen LogP contribution is -1.87. The first-order chi connectivity index (χ1) is 7.99. The van der Waals surface area contributed by atoms with Crippen molar-refractivity contribution < 1.29 is 10.2 Å². The quantitative estimate of drug-likeness (QED) is 0.781. The Balaban J connectivity index is 2.60. The number of hydrogen-bond donors (Lipinski definition) is 2. The van der Waals surface area contributed by atoms with Gasteiger partial charge in [0.25, 0.3) is 0 Å². The van der Waals surface area contributed by atoms with Gasteiger partial charge >= 0.3 is 0 Å². The van der Waals surface area contributed by atoms with E-state index in [1.54, 1.807) is 12.1 Å². The third kappa shape index (κ3) is 2.11. The van der Waals surface area contributed by atoms with Crippen molar-refractivity contribution in [3.8, 4) is 22.6 Å². The number of phenols is 2. The van der Waals surface area contributed by atoms with E-state index in [0.29, 0.717) is 11.5 Å². The van der Waals surface area contributed by atoms with Gasteiger partial charge in [0.2, 0.25) is 0 Å². The smallest absolute Gasteiger partial charge is 0.119 e. The predicted octanol–water partition coefficient (Wildman–Crippen LogP) is 3.69. The average Bonchev–Trinajstić information content (AvgIpc) is 2.27. The lowest BCUT2D eigenvalue weighted by molar-refractivity contribution is 0.471. The second-order valence-electron chi connectivity index (χ2n) is 4.45. The first-order valence-corrected chi connectivity index (χ1v) is 5.59. The zero-order valence-electron chi connectivity index (χ0n) is 10.3. The molecule has 0 spiro atoms. The second-order valence-corrected chi connectivity index (χ2v) is 4.45. The lowest BCUT2D eigenvalue weighted by atomic mass is 9.97. The highest BCUT2D eigenvalue weighted by atomic mass is 16.3. The molecule has 0 bridgehead atoms. The van der Waals surface area contributed by atoms with Crippen LogP contribution in [0.5, 0.6) is 11.5 Å². The molecule has 0 saturated heterocycles. The summed E-state index contributed by atoms with van der Waals surface area (Å²) in [6.07, 6.45) is 0.